The maximum absolute atomic E-state index is 5.75. The van der Waals surface area contributed by atoms with Crippen LogP contribution >= 0.6 is 35.0 Å². The number of alkyl halides is 1. The zero-order valence-corrected chi connectivity index (χ0v) is 9.42. The normalized spacial score (nSPS) is 10.0. The molecule has 0 aliphatic rings. The second-order valence-corrected chi connectivity index (χ2v) is 4.38. The van der Waals surface area contributed by atoms with Crippen molar-refractivity contribution in [3.8, 4) is 0 Å². The van der Waals surface area contributed by atoms with Crippen LogP contribution in [0.1, 0.15) is 0 Å². The van der Waals surface area contributed by atoms with Crippen molar-refractivity contribution in [3.05, 3.63) is 41.4 Å². The van der Waals surface area contributed by atoms with E-state index in [0.717, 1.165) is 16.3 Å². The molecule has 1 rings (SSSR count). The number of halogens is 2. The summed E-state index contributed by atoms with van der Waals surface area (Å²) in [6.07, 6.45) is 0. The smallest absolute Gasteiger partial charge is 0.0439 e. The van der Waals surface area contributed by atoms with E-state index in [2.05, 4.69) is 6.58 Å². The Morgan fingerprint density at radius 2 is 1.92 bits per heavy atom. The first-order valence-electron chi connectivity index (χ1n) is 3.83. The Bertz CT molecular complexity index is 279. The van der Waals surface area contributed by atoms with Crippen LogP contribution in [0, 0.1) is 0 Å². The average Bonchev–Trinajstić information content (AvgIpc) is 2.16. The molecule has 1 aromatic carbocycles. The summed E-state index contributed by atoms with van der Waals surface area (Å²) in [4.78, 5) is 1.19. The van der Waals surface area contributed by atoms with E-state index in [1.165, 1.54) is 4.90 Å². The van der Waals surface area contributed by atoms with Gasteiger partial charge in [-0.05, 0) is 24.3 Å². The fourth-order valence-electron chi connectivity index (χ4n) is 0.755. The average molecular weight is 233 g/mol. The van der Waals surface area contributed by atoms with E-state index >= 15 is 0 Å². The SMILES string of the molecule is C=C(CCl)CSc1ccc(Cl)cc1. The van der Waals surface area contributed by atoms with Crippen molar-refractivity contribution in [3.63, 3.8) is 0 Å². The van der Waals surface area contributed by atoms with Crippen molar-refractivity contribution >= 4 is 35.0 Å². The van der Waals surface area contributed by atoms with Crippen molar-refractivity contribution in [2.75, 3.05) is 11.6 Å². The second kappa shape index (κ2) is 5.58. The molecule has 0 saturated carbocycles. The maximum Gasteiger partial charge on any atom is 0.0439 e. The first-order valence-corrected chi connectivity index (χ1v) is 5.73. The summed E-state index contributed by atoms with van der Waals surface area (Å²) in [5, 5.41) is 0.764. The first-order chi connectivity index (χ1) is 6.22. The van der Waals surface area contributed by atoms with Crippen LogP contribution in [0.25, 0.3) is 0 Å². The molecule has 0 aliphatic carbocycles. The van der Waals surface area contributed by atoms with Gasteiger partial charge in [0.2, 0.25) is 0 Å². The molecule has 0 radical (unpaired) electrons. The molecule has 0 bridgehead atoms. The van der Waals surface area contributed by atoms with Crippen LogP contribution in [-0.2, 0) is 0 Å². The monoisotopic (exact) mass is 232 g/mol. The topological polar surface area (TPSA) is 0 Å². The van der Waals surface area contributed by atoms with Gasteiger partial charge in [-0.25, -0.2) is 0 Å². The highest BCUT2D eigenvalue weighted by molar-refractivity contribution is 7.99. The minimum atomic E-state index is 0.528. The van der Waals surface area contributed by atoms with E-state index in [9.17, 15) is 0 Å². The highest BCUT2D eigenvalue weighted by Crippen LogP contribution is 2.22. The van der Waals surface area contributed by atoms with Gasteiger partial charge in [0, 0.05) is 21.6 Å². The van der Waals surface area contributed by atoms with Crippen LogP contribution in [0.2, 0.25) is 5.02 Å². The van der Waals surface area contributed by atoms with E-state index < -0.39 is 0 Å². The lowest BCUT2D eigenvalue weighted by Crippen LogP contribution is -1.85. The molecule has 0 amide bonds. The molecule has 0 atom stereocenters. The van der Waals surface area contributed by atoms with Gasteiger partial charge in [0.15, 0.2) is 0 Å². The number of rotatable bonds is 4. The molecular weight excluding hydrogens is 223 g/mol. The molecule has 3 heteroatoms. The fourth-order valence-corrected chi connectivity index (χ4v) is 1.89. The van der Waals surface area contributed by atoms with E-state index in [0.29, 0.717) is 5.88 Å². The number of thioether (sulfide) groups is 1. The molecule has 0 N–H and O–H groups in total. The molecule has 70 valence electrons. The minimum absolute atomic E-state index is 0.528. The van der Waals surface area contributed by atoms with Crippen molar-refractivity contribution in [2.45, 2.75) is 4.90 Å². The summed E-state index contributed by atoms with van der Waals surface area (Å²) in [6, 6.07) is 7.75. The minimum Gasteiger partial charge on any atom is -0.122 e. The summed E-state index contributed by atoms with van der Waals surface area (Å²) in [7, 11) is 0. The quantitative estimate of drug-likeness (QED) is 0.426. The second-order valence-electron chi connectivity index (χ2n) is 2.63. The third-order valence-electron chi connectivity index (χ3n) is 1.45. The van der Waals surface area contributed by atoms with Gasteiger partial charge in [0.05, 0.1) is 0 Å². The number of benzene rings is 1. The summed E-state index contributed by atoms with van der Waals surface area (Å²) < 4.78 is 0. The van der Waals surface area contributed by atoms with E-state index in [-0.39, 0.29) is 0 Å². The highest BCUT2D eigenvalue weighted by Gasteiger charge is 1.96. The van der Waals surface area contributed by atoms with E-state index in [1.807, 2.05) is 24.3 Å². The maximum atomic E-state index is 5.75. The van der Waals surface area contributed by atoms with Gasteiger partial charge >= 0.3 is 0 Å². The summed E-state index contributed by atoms with van der Waals surface area (Å²) in [6.45, 7) is 3.83. The van der Waals surface area contributed by atoms with Gasteiger partial charge in [-0.3, -0.25) is 0 Å². The molecule has 0 aliphatic heterocycles. The lowest BCUT2D eigenvalue weighted by Gasteiger charge is -2.01. The Labute approximate surface area is 92.9 Å². The Morgan fingerprint density at radius 3 is 2.46 bits per heavy atom. The third-order valence-corrected chi connectivity index (χ3v) is 3.23. The van der Waals surface area contributed by atoms with Crippen LogP contribution in [0.15, 0.2) is 41.3 Å². The molecule has 0 fully saturated rings. The van der Waals surface area contributed by atoms with Crippen LogP contribution in [0.4, 0.5) is 0 Å². The van der Waals surface area contributed by atoms with Crippen molar-refractivity contribution in [1.29, 1.82) is 0 Å². The Hall–Kier alpha value is -0.110. The van der Waals surface area contributed by atoms with Crippen molar-refractivity contribution < 1.29 is 0 Å². The zero-order valence-electron chi connectivity index (χ0n) is 7.09. The lowest BCUT2D eigenvalue weighted by atomic mass is 10.4. The van der Waals surface area contributed by atoms with Crippen LogP contribution < -0.4 is 0 Å². The largest absolute Gasteiger partial charge is 0.122 e. The van der Waals surface area contributed by atoms with Crippen LogP contribution in [0.5, 0.6) is 0 Å². The summed E-state index contributed by atoms with van der Waals surface area (Å²) in [5.41, 5.74) is 1.04. The van der Waals surface area contributed by atoms with Gasteiger partial charge < -0.3 is 0 Å². The third kappa shape index (κ3) is 4.08. The van der Waals surface area contributed by atoms with Crippen LogP contribution in [-0.4, -0.2) is 11.6 Å². The van der Waals surface area contributed by atoms with Crippen LogP contribution in [0.3, 0.4) is 0 Å². The predicted molar refractivity (Wildman–Crippen MR) is 62.0 cm³/mol. The van der Waals surface area contributed by atoms with Gasteiger partial charge in [0.25, 0.3) is 0 Å². The Morgan fingerprint density at radius 1 is 1.31 bits per heavy atom. The Balaban J connectivity index is 2.46. The fraction of sp³-hybridized carbons (Fsp3) is 0.200. The summed E-state index contributed by atoms with van der Waals surface area (Å²) in [5.74, 6) is 1.39. The number of hydrogen-bond donors (Lipinski definition) is 0. The van der Waals surface area contributed by atoms with Crippen molar-refractivity contribution in [2.24, 2.45) is 0 Å². The predicted octanol–water partition coefficient (Wildman–Crippen LogP) is 4.23. The molecule has 0 spiro atoms. The van der Waals surface area contributed by atoms with Crippen molar-refractivity contribution in [1.82, 2.24) is 0 Å². The zero-order chi connectivity index (χ0) is 9.68. The van der Waals surface area contributed by atoms with Gasteiger partial charge in [-0.15, -0.1) is 23.4 Å². The molecule has 0 saturated heterocycles. The molecule has 1 aromatic rings. The molecule has 0 nitrogen and oxygen atoms in total. The van der Waals surface area contributed by atoms with Gasteiger partial charge in [-0.1, -0.05) is 23.8 Å². The molecule has 0 heterocycles. The Kier molecular flexibility index (Phi) is 4.71. The molecule has 0 unspecified atom stereocenters. The summed E-state index contributed by atoms with van der Waals surface area (Å²) >= 11 is 13.1. The van der Waals surface area contributed by atoms with Gasteiger partial charge in [-0.2, -0.15) is 0 Å². The standard InChI is InChI=1S/C10H10Cl2S/c1-8(6-11)7-13-10-4-2-9(12)3-5-10/h2-5H,1,6-7H2. The van der Waals surface area contributed by atoms with Gasteiger partial charge in [0.1, 0.15) is 0 Å². The number of hydrogen-bond acceptors (Lipinski definition) is 1. The highest BCUT2D eigenvalue weighted by atomic mass is 35.5. The lowest BCUT2D eigenvalue weighted by molar-refractivity contribution is 1.41. The molecule has 13 heavy (non-hydrogen) atoms. The van der Waals surface area contributed by atoms with E-state index in [4.69, 9.17) is 23.2 Å². The van der Waals surface area contributed by atoms with E-state index in [1.54, 1.807) is 11.8 Å². The molecular formula is C10H10Cl2S. The molecule has 0 aromatic heterocycles. The first kappa shape index (κ1) is 11.0.